The summed E-state index contributed by atoms with van der Waals surface area (Å²) in [4.78, 5) is 12.4. The molecule has 0 saturated heterocycles. The van der Waals surface area contributed by atoms with Gasteiger partial charge in [-0.1, -0.05) is 64.1 Å². The summed E-state index contributed by atoms with van der Waals surface area (Å²) < 4.78 is 5.81. The molecule has 26 heavy (non-hydrogen) atoms. The molecule has 1 amide bonds. The van der Waals surface area contributed by atoms with E-state index in [1.165, 1.54) is 11.1 Å². The van der Waals surface area contributed by atoms with Crippen molar-refractivity contribution >= 4 is 5.91 Å². The minimum Gasteiger partial charge on any atom is -0.481 e. The van der Waals surface area contributed by atoms with Crippen molar-refractivity contribution in [1.82, 2.24) is 5.32 Å². The number of aryl methyl sites for hydroxylation is 1. The molecule has 2 unspecified atom stereocenters. The first kappa shape index (κ1) is 20.0. The number of hydrogen-bond donors (Lipinski definition) is 1. The molecule has 0 heterocycles. The SMILES string of the molecule is CCc1ccc(C(C)NC(=O)C(C)Oc2ccc(C(C)(C)C)cc2)cc1. The van der Waals surface area contributed by atoms with E-state index in [2.05, 4.69) is 69.4 Å². The van der Waals surface area contributed by atoms with Crippen LogP contribution in [-0.4, -0.2) is 12.0 Å². The van der Waals surface area contributed by atoms with Crippen LogP contribution in [-0.2, 0) is 16.6 Å². The van der Waals surface area contributed by atoms with Gasteiger partial charge in [0.05, 0.1) is 6.04 Å². The Labute approximate surface area is 157 Å². The molecule has 3 nitrogen and oxygen atoms in total. The second-order valence-corrected chi connectivity index (χ2v) is 7.86. The number of ether oxygens (including phenoxy) is 1. The van der Waals surface area contributed by atoms with Gasteiger partial charge in [-0.15, -0.1) is 0 Å². The van der Waals surface area contributed by atoms with Crippen molar-refractivity contribution in [3.8, 4) is 5.75 Å². The molecule has 1 N–H and O–H groups in total. The Balaban J connectivity index is 1.94. The molecule has 0 saturated carbocycles. The van der Waals surface area contributed by atoms with Crippen molar-refractivity contribution in [2.45, 2.75) is 65.5 Å². The Hall–Kier alpha value is -2.29. The lowest BCUT2D eigenvalue weighted by molar-refractivity contribution is -0.127. The van der Waals surface area contributed by atoms with E-state index in [4.69, 9.17) is 4.74 Å². The second kappa shape index (κ2) is 8.39. The van der Waals surface area contributed by atoms with Gasteiger partial charge in [-0.05, 0) is 54.5 Å². The van der Waals surface area contributed by atoms with Crippen molar-refractivity contribution in [2.24, 2.45) is 0 Å². The zero-order valence-corrected chi connectivity index (χ0v) is 16.8. The summed E-state index contributed by atoms with van der Waals surface area (Å²) in [5, 5.41) is 3.03. The standard InChI is InChI=1S/C23H31NO2/c1-7-18-8-10-19(11-9-18)16(2)24-22(25)17(3)26-21-14-12-20(13-15-21)23(4,5)6/h8-17H,7H2,1-6H3,(H,24,25). The Morgan fingerprint density at radius 3 is 2.08 bits per heavy atom. The average molecular weight is 354 g/mol. The summed E-state index contributed by atoms with van der Waals surface area (Å²) in [5.74, 6) is 0.595. The number of rotatable bonds is 6. The number of nitrogens with one attached hydrogen (secondary N) is 1. The first-order valence-electron chi connectivity index (χ1n) is 9.37. The van der Waals surface area contributed by atoms with Crippen LogP contribution in [0.5, 0.6) is 5.75 Å². The van der Waals surface area contributed by atoms with Gasteiger partial charge >= 0.3 is 0 Å². The third kappa shape index (κ3) is 5.35. The molecule has 140 valence electrons. The van der Waals surface area contributed by atoms with Crippen molar-refractivity contribution in [3.63, 3.8) is 0 Å². The van der Waals surface area contributed by atoms with Crippen LogP contribution in [0.1, 0.15) is 64.3 Å². The molecule has 0 radical (unpaired) electrons. The first-order valence-corrected chi connectivity index (χ1v) is 9.37. The molecule has 2 rings (SSSR count). The van der Waals surface area contributed by atoms with Gasteiger partial charge in [0.1, 0.15) is 5.75 Å². The van der Waals surface area contributed by atoms with Gasteiger partial charge in [0.2, 0.25) is 0 Å². The zero-order valence-electron chi connectivity index (χ0n) is 16.8. The molecule has 0 bridgehead atoms. The van der Waals surface area contributed by atoms with Gasteiger partial charge in [0.15, 0.2) is 6.10 Å². The number of hydrogen-bond acceptors (Lipinski definition) is 2. The molecule has 0 fully saturated rings. The molecule has 0 aliphatic carbocycles. The molecule has 2 aromatic carbocycles. The second-order valence-electron chi connectivity index (χ2n) is 7.86. The number of amides is 1. The third-order valence-electron chi connectivity index (χ3n) is 4.65. The fraction of sp³-hybridized carbons (Fsp3) is 0.435. The van der Waals surface area contributed by atoms with Crippen molar-refractivity contribution in [1.29, 1.82) is 0 Å². The van der Waals surface area contributed by atoms with Crippen LogP contribution in [0.3, 0.4) is 0 Å². The average Bonchev–Trinajstić information content (AvgIpc) is 2.61. The van der Waals surface area contributed by atoms with E-state index in [-0.39, 0.29) is 17.4 Å². The Bertz CT molecular complexity index is 711. The van der Waals surface area contributed by atoms with Crippen LogP contribution < -0.4 is 10.1 Å². The van der Waals surface area contributed by atoms with Gasteiger partial charge < -0.3 is 10.1 Å². The highest BCUT2D eigenvalue weighted by molar-refractivity contribution is 5.81. The maximum Gasteiger partial charge on any atom is 0.261 e. The first-order chi connectivity index (χ1) is 12.2. The van der Waals surface area contributed by atoms with Gasteiger partial charge in [0, 0.05) is 0 Å². The quantitative estimate of drug-likeness (QED) is 0.776. The van der Waals surface area contributed by atoms with Gasteiger partial charge in [-0.2, -0.15) is 0 Å². The summed E-state index contributed by atoms with van der Waals surface area (Å²) in [5.41, 5.74) is 3.73. The van der Waals surface area contributed by atoms with Crippen LogP contribution >= 0.6 is 0 Å². The molecule has 2 aromatic rings. The fourth-order valence-corrected chi connectivity index (χ4v) is 2.75. The third-order valence-corrected chi connectivity index (χ3v) is 4.65. The summed E-state index contributed by atoms with van der Waals surface area (Å²) in [7, 11) is 0. The summed E-state index contributed by atoms with van der Waals surface area (Å²) in [6.07, 6.45) is 0.466. The smallest absolute Gasteiger partial charge is 0.261 e. The fourth-order valence-electron chi connectivity index (χ4n) is 2.75. The van der Waals surface area contributed by atoms with Crippen LogP contribution in [0, 0.1) is 0 Å². The van der Waals surface area contributed by atoms with E-state index in [1.807, 2.05) is 19.1 Å². The molecule has 2 atom stereocenters. The molecule has 0 spiro atoms. The van der Waals surface area contributed by atoms with E-state index < -0.39 is 6.10 Å². The molecule has 0 aliphatic rings. The highest BCUT2D eigenvalue weighted by Crippen LogP contribution is 2.24. The Morgan fingerprint density at radius 1 is 1.00 bits per heavy atom. The van der Waals surface area contributed by atoms with E-state index >= 15 is 0 Å². The van der Waals surface area contributed by atoms with Crippen molar-refractivity contribution in [3.05, 3.63) is 65.2 Å². The Morgan fingerprint density at radius 2 is 1.58 bits per heavy atom. The molecular formula is C23H31NO2. The van der Waals surface area contributed by atoms with Gasteiger partial charge in [-0.3, -0.25) is 4.79 Å². The molecule has 0 aromatic heterocycles. The normalized spacial score (nSPS) is 13.8. The lowest BCUT2D eigenvalue weighted by Crippen LogP contribution is -2.37. The summed E-state index contributed by atoms with van der Waals surface area (Å²) >= 11 is 0. The maximum absolute atomic E-state index is 12.4. The molecule has 0 aliphatic heterocycles. The molecule has 3 heteroatoms. The van der Waals surface area contributed by atoms with Crippen LogP contribution in [0.15, 0.2) is 48.5 Å². The van der Waals surface area contributed by atoms with E-state index in [0.717, 1.165) is 12.0 Å². The summed E-state index contributed by atoms with van der Waals surface area (Å²) in [6.45, 7) is 12.4. The van der Waals surface area contributed by atoms with Crippen LogP contribution in [0.2, 0.25) is 0 Å². The highest BCUT2D eigenvalue weighted by Gasteiger charge is 2.18. The maximum atomic E-state index is 12.4. The number of carbonyl (C=O) groups is 1. The van der Waals surface area contributed by atoms with Gasteiger partial charge in [0.25, 0.3) is 5.91 Å². The Kier molecular flexibility index (Phi) is 6.47. The van der Waals surface area contributed by atoms with Crippen LogP contribution in [0.4, 0.5) is 0 Å². The molecular weight excluding hydrogens is 322 g/mol. The zero-order chi connectivity index (χ0) is 19.3. The lowest BCUT2D eigenvalue weighted by atomic mass is 9.87. The summed E-state index contributed by atoms with van der Waals surface area (Å²) in [6, 6.07) is 16.3. The lowest BCUT2D eigenvalue weighted by Gasteiger charge is -2.21. The monoisotopic (exact) mass is 353 g/mol. The predicted molar refractivity (Wildman–Crippen MR) is 108 cm³/mol. The highest BCUT2D eigenvalue weighted by atomic mass is 16.5. The number of carbonyl (C=O) groups excluding carboxylic acids is 1. The van der Waals surface area contributed by atoms with Gasteiger partial charge in [-0.25, -0.2) is 0 Å². The van der Waals surface area contributed by atoms with E-state index in [9.17, 15) is 4.79 Å². The van der Waals surface area contributed by atoms with E-state index in [0.29, 0.717) is 5.75 Å². The largest absolute Gasteiger partial charge is 0.481 e. The minimum absolute atomic E-state index is 0.0530. The van der Waals surface area contributed by atoms with E-state index in [1.54, 1.807) is 6.92 Å². The van der Waals surface area contributed by atoms with Crippen molar-refractivity contribution < 1.29 is 9.53 Å². The van der Waals surface area contributed by atoms with Crippen molar-refractivity contribution in [2.75, 3.05) is 0 Å². The van der Waals surface area contributed by atoms with Crippen LogP contribution in [0.25, 0.3) is 0 Å². The number of benzene rings is 2. The topological polar surface area (TPSA) is 38.3 Å². The predicted octanol–water partition coefficient (Wildman–Crippen LogP) is 5.19. The minimum atomic E-state index is -0.548.